The molecule has 2 aromatic heterocycles. The highest BCUT2D eigenvalue weighted by Gasteiger charge is 2.40. The van der Waals surface area contributed by atoms with Crippen molar-refractivity contribution < 1.29 is 4.74 Å². The average molecular weight is 1610 g/mol. The third-order valence-electron chi connectivity index (χ3n) is 25.6. The molecule has 0 fully saturated rings. The Kier molecular flexibility index (Phi) is 19.1. The van der Waals surface area contributed by atoms with Crippen LogP contribution in [0.4, 0.5) is 11.4 Å². The van der Waals surface area contributed by atoms with Gasteiger partial charge < -0.3 is 9.64 Å². The SMILES string of the molecule is C1=CC2Oc3c(-c4ccc(-c5nc(-c6ccc(-c7ccccc7)cc6)cc(-c6ccc(-c7cccc8ccccc78)cc6)n5)c5ccccc45)cccc3C2C=C1.C1=CC2c3cccc(-c4ccc(-c5nc(-c6ccc(-c7ccc(-c8ccccc8)cc7)cc6)cc(-c6ccc(-c7cccc8ccccc78)cc6)n5)c5ccccc45)c3N(c3ccccc3)C2C=C1. The van der Waals surface area contributed by atoms with Crippen molar-refractivity contribution in [3.8, 4) is 151 Å². The number of nitrogens with zero attached hydrogens (tertiary/aromatic N) is 5. The lowest BCUT2D eigenvalue weighted by Crippen LogP contribution is -2.28. The molecule has 4 heterocycles. The number of aromatic nitrogens is 4. The van der Waals surface area contributed by atoms with E-state index in [2.05, 4.69) is 466 Å². The summed E-state index contributed by atoms with van der Waals surface area (Å²) in [7, 11) is 0. The van der Waals surface area contributed by atoms with Crippen molar-refractivity contribution >= 4 is 54.5 Å². The van der Waals surface area contributed by atoms with Crippen LogP contribution in [0.2, 0.25) is 0 Å². The van der Waals surface area contributed by atoms with E-state index in [0.717, 1.165) is 100 Å². The molecule has 6 heteroatoms. The lowest BCUT2D eigenvalue weighted by Gasteiger charge is -2.30. The summed E-state index contributed by atoms with van der Waals surface area (Å²) in [5.74, 6) is 2.84. The van der Waals surface area contributed by atoms with E-state index >= 15 is 0 Å². The fraction of sp³-hybridized carbons (Fsp3) is 0.0333. The highest BCUT2D eigenvalue weighted by atomic mass is 16.5. The van der Waals surface area contributed by atoms with Crippen molar-refractivity contribution in [1.82, 2.24) is 19.9 Å². The predicted octanol–water partition coefficient (Wildman–Crippen LogP) is 30.9. The Hall–Kier alpha value is -16.3. The summed E-state index contributed by atoms with van der Waals surface area (Å²) in [6.45, 7) is 0. The Morgan fingerprint density at radius 3 is 1.01 bits per heavy atom. The Labute approximate surface area is 732 Å². The maximum atomic E-state index is 6.62. The summed E-state index contributed by atoms with van der Waals surface area (Å²) in [5, 5.41) is 9.45. The van der Waals surface area contributed by atoms with Crippen LogP contribution in [0, 0.1) is 0 Å². The molecule has 20 aromatic rings. The molecule has 2 aliphatic carbocycles. The van der Waals surface area contributed by atoms with Crippen molar-refractivity contribution in [2.24, 2.45) is 0 Å². The van der Waals surface area contributed by atoms with Crippen LogP contribution in [-0.4, -0.2) is 32.1 Å². The minimum Gasteiger partial charge on any atom is -0.484 e. The molecule has 4 aliphatic rings. The standard InChI is InChI=1S/C66H45N3.C54H36N2O/c1-3-15-44(16-4-1)45-29-31-46(32-30-45)47-33-37-50(38-34-47)62-43-63(51-39-35-49(36-40-51)54-25-13-18-48-17-7-8-21-53(48)54)68-66(67-62)61-42-41-57(55-22-9-10-23-56(55)61)59-26-14-27-60-58-24-11-12-28-64(58)69(65(59)60)52-19-5-2-6-20-52;1-2-12-35(13-3-1)36-24-28-39(29-25-36)50-34-51(40-30-26-38(27-31-40)42-20-10-15-37-14-4-5-16-41(37)42)56-54(55-50)49-33-32-45(43-17-6-7-18-44(43)49)47-21-11-22-48-46-19-8-9-23-52(46)57-53(47)48/h1-43,58,64H;1-34,46,52H. The molecule has 4 unspecified atom stereocenters. The van der Waals surface area contributed by atoms with Crippen LogP contribution in [0.25, 0.3) is 189 Å². The minimum atomic E-state index is 0.0223. The molecule has 24 rings (SSSR count). The average Bonchev–Trinajstić information content (AvgIpc) is 1.55. The van der Waals surface area contributed by atoms with E-state index in [-0.39, 0.29) is 24.0 Å². The van der Waals surface area contributed by atoms with Crippen molar-refractivity contribution in [2.45, 2.75) is 24.0 Å². The van der Waals surface area contributed by atoms with E-state index in [1.807, 2.05) is 6.07 Å². The molecule has 6 nitrogen and oxygen atoms in total. The van der Waals surface area contributed by atoms with Crippen molar-refractivity contribution in [3.05, 3.63) is 478 Å². The zero-order chi connectivity index (χ0) is 83.4. The van der Waals surface area contributed by atoms with Crippen LogP contribution >= 0.6 is 0 Å². The van der Waals surface area contributed by atoms with Gasteiger partial charge in [-0.25, -0.2) is 19.9 Å². The number of anilines is 2. The zero-order valence-electron chi connectivity index (χ0n) is 68.9. The second-order valence-corrected chi connectivity index (χ2v) is 32.8. The first kappa shape index (κ1) is 74.7. The Balaban J connectivity index is 0.000000148. The summed E-state index contributed by atoms with van der Waals surface area (Å²) in [6, 6.07) is 150. The van der Waals surface area contributed by atoms with Gasteiger partial charge in [0.25, 0.3) is 0 Å². The fourth-order valence-electron chi connectivity index (χ4n) is 19.3. The molecule has 592 valence electrons. The minimum absolute atomic E-state index is 0.0223. The maximum absolute atomic E-state index is 6.62. The molecule has 4 atom stereocenters. The molecule has 0 saturated carbocycles. The summed E-state index contributed by atoms with van der Waals surface area (Å²) in [5.41, 5.74) is 31.1. The Morgan fingerprint density at radius 2 is 0.540 bits per heavy atom. The first-order valence-corrected chi connectivity index (χ1v) is 43.4. The van der Waals surface area contributed by atoms with Crippen molar-refractivity contribution in [3.63, 3.8) is 0 Å². The molecule has 0 bridgehead atoms. The highest BCUT2D eigenvalue weighted by molar-refractivity contribution is 6.09. The third kappa shape index (κ3) is 13.8. The van der Waals surface area contributed by atoms with Gasteiger partial charge in [-0.2, -0.15) is 0 Å². The van der Waals surface area contributed by atoms with Gasteiger partial charge in [0.1, 0.15) is 11.9 Å². The van der Waals surface area contributed by atoms with E-state index in [0.29, 0.717) is 11.6 Å². The molecule has 18 aromatic carbocycles. The van der Waals surface area contributed by atoms with Crippen LogP contribution in [0.1, 0.15) is 23.0 Å². The van der Waals surface area contributed by atoms with Crippen LogP contribution in [0.3, 0.4) is 0 Å². The largest absolute Gasteiger partial charge is 0.484 e. The Bertz CT molecular complexity index is 7700. The second kappa shape index (κ2) is 32.3. The van der Waals surface area contributed by atoms with E-state index in [1.54, 1.807) is 0 Å². The van der Waals surface area contributed by atoms with Gasteiger partial charge in [0.15, 0.2) is 11.6 Å². The van der Waals surface area contributed by atoms with Gasteiger partial charge in [0.05, 0.1) is 34.5 Å². The van der Waals surface area contributed by atoms with Crippen LogP contribution in [0.5, 0.6) is 5.75 Å². The third-order valence-corrected chi connectivity index (χ3v) is 25.6. The number of rotatable bonds is 14. The molecule has 0 amide bonds. The molecule has 126 heavy (non-hydrogen) atoms. The van der Waals surface area contributed by atoms with Crippen LogP contribution in [-0.2, 0) is 0 Å². The molecule has 0 saturated heterocycles. The molecule has 0 radical (unpaired) electrons. The summed E-state index contributed by atoms with van der Waals surface area (Å²) in [6.07, 6.45) is 17.7. The molecule has 0 N–H and O–H groups in total. The summed E-state index contributed by atoms with van der Waals surface area (Å²) < 4.78 is 6.62. The van der Waals surface area contributed by atoms with E-state index in [4.69, 9.17) is 24.7 Å². The molecule has 2 aliphatic heterocycles. The Morgan fingerprint density at radius 1 is 0.214 bits per heavy atom. The van der Waals surface area contributed by atoms with Gasteiger partial charge >= 0.3 is 0 Å². The maximum Gasteiger partial charge on any atom is 0.161 e. The van der Waals surface area contributed by atoms with Gasteiger partial charge in [-0.1, -0.05) is 425 Å². The number of fused-ring (bicyclic) bond motifs is 10. The van der Waals surface area contributed by atoms with Crippen molar-refractivity contribution in [1.29, 1.82) is 0 Å². The first-order chi connectivity index (χ1) is 62.5. The quantitative estimate of drug-likeness (QED) is 0.108. The van der Waals surface area contributed by atoms with Gasteiger partial charge in [-0.15, -0.1) is 0 Å². The van der Waals surface area contributed by atoms with E-state index < -0.39 is 0 Å². The van der Waals surface area contributed by atoms with Gasteiger partial charge in [0, 0.05) is 67.6 Å². The number of ether oxygens (including phenoxy) is 1. The van der Waals surface area contributed by atoms with Crippen LogP contribution in [0.15, 0.2) is 467 Å². The number of benzene rings is 18. The monoisotopic (exact) mass is 1610 g/mol. The summed E-state index contributed by atoms with van der Waals surface area (Å²) in [4.78, 5) is 24.0. The predicted molar refractivity (Wildman–Crippen MR) is 524 cm³/mol. The molecule has 0 spiro atoms. The fourth-order valence-corrected chi connectivity index (χ4v) is 19.3. The highest BCUT2D eigenvalue weighted by Crippen LogP contribution is 2.54. The van der Waals surface area contributed by atoms with E-state index in [9.17, 15) is 0 Å². The number of para-hydroxylation sites is 3. The number of hydrogen-bond acceptors (Lipinski definition) is 6. The lowest BCUT2D eigenvalue weighted by molar-refractivity contribution is 0.270. The topological polar surface area (TPSA) is 64.0 Å². The molecular formula is C120H81N5O. The van der Waals surface area contributed by atoms with Gasteiger partial charge in [-0.3, -0.25) is 0 Å². The number of hydrogen-bond donors (Lipinski definition) is 0. The smallest absolute Gasteiger partial charge is 0.161 e. The molecular weight excluding hydrogens is 1530 g/mol. The second-order valence-electron chi connectivity index (χ2n) is 32.8. The van der Waals surface area contributed by atoms with Crippen molar-refractivity contribution in [2.75, 3.05) is 4.90 Å². The zero-order valence-corrected chi connectivity index (χ0v) is 68.9. The summed E-state index contributed by atoms with van der Waals surface area (Å²) >= 11 is 0. The first-order valence-electron chi connectivity index (χ1n) is 43.4. The van der Waals surface area contributed by atoms with Crippen LogP contribution < -0.4 is 9.64 Å². The van der Waals surface area contributed by atoms with E-state index in [1.165, 1.54) is 105 Å². The number of allylic oxidation sites excluding steroid dienone is 4. The van der Waals surface area contributed by atoms with Gasteiger partial charge in [0.2, 0.25) is 0 Å². The lowest BCUT2D eigenvalue weighted by atomic mass is 9.89. The normalized spacial score (nSPS) is 15.1. The van der Waals surface area contributed by atoms with Gasteiger partial charge in [-0.05, 0) is 158 Å².